The second-order valence-corrected chi connectivity index (χ2v) is 7.76. The normalized spacial score (nSPS) is 12.3. The fourth-order valence-corrected chi connectivity index (χ4v) is 4.07. The van der Waals surface area contributed by atoms with Gasteiger partial charge in [0, 0.05) is 5.38 Å². The highest BCUT2D eigenvalue weighted by Crippen LogP contribution is 2.24. The third kappa shape index (κ3) is 3.17. The van der Waals surface area contributed by atoms with Crippen LogP contribution < -0.4 is 4.72 Å². The molecule has 5 nitrogen and oxygen atoms in total. The van der Waals surface area contributed by atoms with Crippen LogP contribution in [-0.4, -0.2) is 16.8 Å². The minimum atomic E-state index is -4.95. The third-order valence-corrected chi connectivity index (χ3v) is 5.54. The van der Waals surface area contributed by atoms with Gasteiger partial charge in [-0.3, -0.25) is 4.72 Å². The number of rotatable bonds is 4. The Balaban J connectivity index is 2.43. The molecule has 0 bridgehead atoms. The quantitative estimate of drug-likeness (QED) is 0.871. The van der Waals surface area contributed by atoms with Crippen LogP contribution in [0.15, 0.2) is 44.8 Å². The standard InChI is InChI=1S/C11H10FNO4S3/c1-8-6-18-7-11(8)13-20(16,17)10-4-2-3-9(5-10)19(12,14)15/h2-7,13H,1H3. The minimum Gasteiger partial charge on any atom is -0.279 e. The van der Waals surface area contributed by atoms with Gasteiger partial charge in [-0.15, -0.1) is 15.2 Å². The van der Waals surface area contributed by atoms with Crippen molar-refractivity contribution in [2.24, 2.45) is 0 Å². The number of hydrogen-bond donors (Lipinski definition) is 1. The second-order valence-electron chi connectivity index (χ2n) is 3.99. The van der Waals surface area contributed by atoms with Crippen LogP contribution in [0.25, 0.3) is 0 Å². The largest absolute Gasteiger partial charge is 0.332 e. The van der Waals surface area contributed by atoms with Crippen LogP contribution in [0.3, 0.4) is 0 Å². The number of nitrogens with one attached hydrogen (secondary N) is 1. The van der Waals surface area contributed by atoms with Crippen molar-refractivity contribution in [2.45, 2.75) is 16.7 Å². The Bertz CT molecular complexity index is 840. The van der Waals surface area contributed by atoms with Crippen LogP contribution in [0.2, 0.25) is 0 Å². The van der Waals surface area contributed by atoms with E-state index in [1.807, 2.05) is 0 Å². The Hall–Kier alpha value is -1.45. The van der Waals surface area contributed by atoms with Crippen LogP contribution in [0.1, 0.15) is 5.56 Å². The first-order chi connectivity index (χ1) is 9.20. The van der Waals surface area contributed by atoms with Gasteiger partial charge >= 0.3 is 10.2 Å². The Morgan fingerprint density at radius 3 is 2.30 bits per heavy atom. The monoisotopic (exact) mass is 335 g/mol. The zero-order valence-corrected chi connectivity index (χ0v) is 12.6. The average molecular weight is 335 g/mol. The summed E-state index contributed by atoms with van der Waals surface area (Å²) < 4.78 is 61.0. The first kappa shape index (κ1) is 14.9. The SMILES string of the molecule is Cc1cscc1NS(=O)(=O)c1cccc(S(=O)(=O)F)c1. The van der Waals surface area contributed by atoms with E-state index < -0.39 is 25.1 Å². The second kappa shape index (κ2) is 5.15. The number of anilines is 1. The first-order valence-corrected chi connectivity index (χ1v) is 9.11. The molecule has 108 valence electrons. The van der Waals surface area contributed by atoms with E-state index in [-0.39, 0.29) is 4.90 Å². The molecule has 1 aromatic heterocycles. The number of thiophene rings is 1. The van der Waals surface area contributed by atoms with Crippen LogP contribution in [0, 0.1) is 6.92 Å². The van der Waals surface area contributed by atoms with Gasteiger partial charge in [0.1, 0.15) is 0 Å². The highest BCUT2D eigenvalue weighted by Gasteiger charge is 2.19. The molecule has 9 heteroatoms. The summed E-state index contributed by atoms with van der Waals surface area (Å²) >= 11 is 1.33. The maximum atomic E-state index is 12.9. The summed E-state index contributed by atoms with van der Waals surface area (Å²) in [6.45, 7) is 1.73. The third-order valence-electron chi connectivity index (χ3n) is 2.50. The molecule has 0 fully saturated rings. The molecule has 0 atom stereocenters. The zero-order valence-electron chi connectivity index (χ0n) is 10.2. The molecule has 1 aromatic carbocycles. The molecule has 0 amide bonds. The maximum Gasteiger partial charge on any atom is 0.332 e. The Morgan fingerprint density at radius 1 is 1.10 bits per heavy atom. The van der Waals surface area contributed by atoms with E-state index in [0.717, 1.165) is 17.7 Å². The smallest absolute Gasteiger partial charge is 0.279 e. The van der Waals surface area contributed by atoms with Crippen LogP contribution >= 0.6 is 11.3 Å². The molecule has 2 rings (SSSR count). The molecular formula is C11H10FNO4S3. The molecule has 0 unspecified atom stereocenters. The number of halogens is 1. The summed E-state index contributed by atoms with van der Waals surface area (Å²) in [6, 6.07) is 4.13. The fourth-order valence-electron chi connectivity index (χ4n) is 1.46. The van der Waals surface area contributed by atoms with E-state index in [0.29, 0.717) is 5.69 Å². The first-order valence-electron chi connectivity index (χ1n) is 5.30. The van der Waals surface area contributed by atoms with Gasteiger partial charge in [-0.05, 0) is 36.1 Å². The lowest BCUT2D eigenvalue weighted by Gasteiger charge is -2.08. The summed E-state index contributed by atoms with van der Waals surface area (Å²) in [7, 11) is -8.91. The van der Waals surface area contributed by atoms with Crippen molar-refractivity contribution in [1.82, 2.24) is 0 Å². The van der Waals surface area contributed by atoms with Gasteiger partial charge in [-0.25, -0.2) is 8.42 Å². The van der Waals surface area contributed by atoms with Crippen LogP contribution in [-0.2, 0) is 20.2 Å². The summed E-state index contributed by atoms with van der Waals surface area (Å²) in [5, 5.41) is 3.38. The lowest BCUT2D eigenvalue weighted by atomic mass is 10.3. The summed E-state index contributed by atoms with van der Waals surface area (Å²) in [4.78, 5) is -1.01. The van der Waals surface area contributed by atoms with Crippen molar-refractivity contribution in [2.75, 3.05) is 4.72 Å². The molecule has 2 aromatic rings. The number of benzene rings is 1. The van der Waals surface area contributed by atoms with E-state index in [1.54, 1.807) is 17.7 Å². The Labute approximate surface area is 120 Å². The van der Waals surface area contributed by atoms with Crippen molar-refractivity contribution < 1.29 is 20.7 Å². The van der Waals surface area contributed by atoms with E-state index in [9.17, 15) is 20.7 Å². The molecule has 1 heterocycles. The highest BCUT2D eigenvalue weighted by atomic mass is 32.3. The predicted octanol–water partition coefficient (Wildman–Crippen LogP) is 2.52. The van der Waals surface area contributed by atoms with Crippen LogP contribution in [0.5, 0.6) is 0 Å². The Kier molecular flexibility index (Phi) is 3.85. The van der Waals surface area contributed by atoms with E-state index >= 15 is 0 Å². The van der Waals surface area contributed by atoms with Crippen LogP contribution in [0.4, 0.5) is 9.57 Å². The molecule has 0 aliphatic carbocycles. The molecular weight excluding hydrogens is 325 g/mol. The van der Waals surface area contributed by atoms with Crippen molar-refractivity contribution in [3.8, 4) is 0 Å². The maximum absolute atomic E-state index is 12.9. The van der Waals surface area contributed by atoms with Gasteiger partial charge in [0.15, 0.2) is 0 Å². The van der Waals surface area contributed by atoms with Gasteiger partial charge in [-0.2, -0.15) is 8.42 Å². The van der Waals surface area contributed by atoms with E-state index in [1.165, 1.54) is 23.5 Å². The molecule has 0 aliphatic rings. The van der Waals surface area contributed by atoms with Crippen molar-refractivity contribution in [1.29, 1.82) is 0 Å². The molecule has 0 spiro atoms. The van der Waals surface area contributed by atoms with Crippen molar-refractivity contribution in [3.63, 3.8) is 0 Å². The Morgan fingerprint density at radius 2 is 1.75 bits per heavy atom. The van der Waals surface area contributed by atoms with Gasteiger partial charge in [0.25, 0.3) is 10.0 Å². The molecule has 0 aliphatic heterocycles. The molecule has 20 heavy (non-hydrogen) atoms. The summed E-state index contributed by atoms with van der Waals surface area (Å²) in [5.41, 5.74) is 1.15. The number of sulfonamides is 1. The molecule has 0 saturated carbocycles. The predicted molar refractivity (Wildman–Crippen MR) is 74.6 cm³/mol. The van der Waals surface area contributed by atoms with Crippen molar-refractivity contribution >= 4 is 37.3 Å². The highest BCUT2D eigenvalue weighted by molar-refractivity contribution is 7.92. The van der Waals surface area contributed by atoms with E-state index in [2.05, 4.69) is 4.72 Å². The topological polar surface area (TPSA) is 80.3 Å². The van der Waals surface area contributed by atoms with Crippen molar-refractivity contribution in [3.05, 3.63) is 40.6 Å². The average Bonchev–Trinajstić information content (AvgIpc) is 2.73. The van der Waals surface area contributed by atoms with Gasteiger partial charge < -0.3 is 0 Å². The minimum absolute atomic E-state index is 0.318. The summed E-state index contributed by atoms with van der Waals surface area (Å²) in [6.07, 6.45) is 0. The van der Waals surface area contributed by atoms with Gasteiger partial charge in [0.2, 0.25) is 0 Å². The van der Waals surface area contributed by atoms with E-state index in [4.69, 9.17) is 0 Å². The van der Waals surface area contributed by atoms with Gasteiger partial charge in [0.05, 0.1) is 15.5 Å². The molecule has 0 radical (unpaired) electrons. The lowest BCUT2D eigenvalue weighted by Crippen LogP contribution is -2.13. The summed E-state index contributed by atoms with van der Waals surface area (Å²) in [5.74, 6) is 0. The lowest BCUT2D eigenvalue weighted by molar-refractivity contribution is 0.552. The molecule has 1 N–H and O–H groups in total. The zero-order chi connectivity index (χ0) is 15.0. The fraction of sp³-hybridized carbons (Fsp3) is 0.0909. The van der Waals surface area contributed by atoms with Gasteiger partial charge in [-0.1, -0.05) is 6.07 Å². The number of aryl methyl sites for hydroxylation is 1. The number of hydrogen-bond acceptors (Lipinski definition) is 5. The molecule has 0 saturated heterocycles.